The molecule has 0 unspecified atom stereocenters. The molecule has 11 heavy (non-hydrogen) atoms. The Morgan fingerprint density at radius 2 is 2.00 bits per heavy atom. The lowest BCUT2D eigenvalue weighted by Gasteiger charge is -2.24. The van der Waals surface area contributed by atoms with Crippen LogP contribution in [0.4, 0.5) is 0 Å². The smallest absolute Gasteiger partial charge is 0.244 e. The second-order valence-electron chi connectivity index (χ2n) is 3.48. The van der Waals surface area contributed by atoms with Gasteiger partial charge in [0.2, 0.25) is 5.91 Å². The fourth-order valence-electron chi connectivity index (χ4n) is 1.11. The molecule has 0 aromatic heterocycles. The molecule has 64 valence electrons. The van der Waals surface area contributed by atoms with Gasteiger partial charge in [-0.15, -0.1) is 0 Å². The van der Waals surface area contributed by atoms with E-state index in [1.165, 1.54) is 0 Å². The monoisotopic (exact) mass is 155 g/mol. The van der Waals surface area contributed by atoms with Gasteiger partial charge in [-0.1, -0.05) is 33.8 Å². The Hall–Kier alpha value is -0.790. The topological polar surface area (TPSA) is 43.1 Å². The highest BCUT2D eigenvalue weighted by molar-refractivity contribution is 5.92. The average molecular weight is 155 g/mol. The van der Waals surface area contributed by atoms with Crippen molar-refractivity contribution in [2.24, 2.45) is 11.1 Å². The second-order valence-corrected chi connectivity index (χ2v) is 3.48. The Morgan fingerprint density at radius 1 is 1.55 bits per heavy atom. The van der Waals surface area contributed by atoms with Crippen molar-refractivity contribution in [1.82, 2.24) is 0 Å². The van der Waals surface area contributed by atoms with Crippen LogP contribution in [0.15, 0.2) is 12.2 Å². The molecule has 0 aliphatic rings. The largest absolute Gasteiger partial charge is 0.366 e. The van der Waals surface area contributed by atoms with E-state index in [0.717, 1.165) is 12.8 Å². The van der Waals surface area contributed by atoms with E-state index in [9.17, 15) is 4.79 Å². The molecule has 0 radical (unpaired) electrons. The lowest BCUT2D eigenvalue weighted by Crippen LogP contribution is -2.25. The fourth-order valence-corrected chi connectivity index (χ4v) is 1.11. The molecule has 0 saturated carbocycles. The predicted octanol–water partition coefficient (Wildman–Crippen LogP) is 1.85. The van der Waals surface area contributed by atoms with Crippen LogP contribution in [0.1, 0.15) is 33.6 Å². The summed E-state index contributed by atoms with van der Waals surface area (Å²) in [5.41, 5.74) is 5.50. The molecule has 2 heteroatoms. The number of hydrogen-bond acceptors (Lipinski definition) is 1. The van der Waals surface area contributed by atoms with E-state index in [4.69, 9.17) is 5.73 Å². The van der Waals surface area contributed by atoms with Crippen LogP contribution >= 0.6 is 0 Å². The average Bonchev–Trinajstić information content (AvgIpc) is 1.86. The third kappa shape index (κ3) is 2.74. The zero-order valence-corrected chi connectivity index (χ0v) is 7.61. The van der Waals surface area contributed by atoms with Crippen molar-refractivity contribution in [3.8, 4) is 0 Å². The molecule has 2 nitrogen and oxygen atoms in total. The van der Waals surface area contributed by atoms with Crippen LogP contribution in [-0.2, 0) is 4.79 Å². The first-order chi connectivity index (χ1) is 4.91. The summed E-state index contributed by atoms with van der Waals surface area (Å²) in [6.45, 7) is 9.73. The summed E-state index contributed by atoms with van der Waals surface area (Å²) in [7, 11) is 0. The maximum absolute atomic E-state index is 10.7. The van der Waals surface area contributed by atoms with Crippen molar-refractivity contribution in [3.63, 3.8) is 0 Å². The molecular formula is C9H17NO. The quantitative estimate of drug-likeness (QED) is 0.618. The maximum Gasteiger partial charge on any atom is 0.244 e. The molecule has 0 fully saturated rings. The Bertz CT molecular complexity index is 170. The molecule has 0 saturated heterocycles. The van der Waals surface area contributed by atoms with Gasteiger partial charge in [0, 0.05) is 5.57 Å². The third-order valence-electron chi connectivity index (χ3n) is 1.99. The maximum atomic E-state index is 10.7. The Morgan fingerprint density at radius 3 is 2.27 bits per heavy atom. The van der Waals surface area contributed by atoms with E-state index >= 15 is 0 Å². The van der Waals surface area contributed by atoms with Crippen LogP contribution < -0.4 is 5.73 Å². The van der Waals surface area contributed by atoms with Crippen molar-refractivity contribution in [2.75, 3.05) is 0 Å². The number of carbonyl (C=O) groups is 1. The van der Waals surface area contributed by atoms with E-state index < -0.39 is 0 Å². The highest BCUT2D eigenvalue weighted by Gasteiger charge is 2.23. The Kier molecular flexibility index (Phi) is 3.30. The summed E-state index contributed by atoms with van der Waals surface area (Å²) in [5, 5.41) is 0. The summed E-state index contributed by atoms with van der Waals surface area (Å²) in [6, 6.07) is 0. The van der Waals surface area contributed by atoms with Gasteiger partial charge in [0.1, 0.15) is 0 Å². The summed E-state index contributed by atoms with van der Waals surface area (Å²) in [4.78, 5) is 10.7. The van der Waals surface area contributed by atoms with Gasteiger partial charge < -0.3 is 5.73 Å². The first kappa shape index (κ1) is 10.2. The van der Waals surface area contributed by atoms with E-state index in [2.05, 4.69) is 13.5 Å². The lowest BCUT2D eigenvalue weighted by molar-refractivity contribution is -0.115. The standard InChI is InChI=1S/C9H17NO/c1-5-6-9(3,4)7(2)8(10)11/h2,5-6H2,1,3-4H3,(H2,10,11). The van der Waals surface area contributed by atoms with Crippen molar-refractivity contribution in [3.05, 3.63) is 12.2 Å². The second kappa shape index (κ2) is 3.56. The van der Waals surface area contributed by atoms with Gasteiger partial charge in [0.25, 0.3) is 0 Å². The van der Waals surface area contributed by atoms with Gasteiger partial charge in [0.15, 0.2) is 0 Å². The molecule has 2 N–H and O–H groups in total. The molecule has 0 heterocycles. The van der Waals surface area contributed by atoms with Gasteiger partial charge in [-0.2, -0.15) is 0 Å². The first-order valence-electron chi connectivity index (χ1n) is 3.91. The van der Waals surface area contributed by atoms with Crippen LogP contribution in [0.25, 0.3) is 0 Å². The zero-order valence-electron chi connectivity index (χ0n) is 7.61. The molecule has 1 amide bonds. The molecule has 0 aromatic rings. The van der Waals surface area contributed by atoms with Crippen molar-refractivity contribution >= 4 is 5.91 Å². The fraction of sp³-hybridized carbons (Fsp3) is 0.667. The van der Waals surface area contributed by atoms with Crippen molar-refractivity contribution in [1.29, 1.82) is 0 Å². The number of nitrogens with two attached hydrogens (primary N) is 1. The molecular weight excluding hydrogens is 138 g/mol. The molecule has 0 atom stereocenters. The Balaban J connectivity index is 4.29. The normalized spacial score (nSPS) is 11.2. The van der Waals surface area contributed by atoms with E-state index in [-0.39, 0.29) is 11.3 Å². The highest BCUT2D eigenvalue weighted by atomic mass is 16.1. The zero-order chi connectivity index (χ0) is 9.07. The number of amides is 1. The van der Waals surface area contributed by atoms with Gasteiger partial charge in [-0.05, 0) is 11.8 Å². The molecule has 0 aliphatic heterocycles. The van der Waals surface area contributed by atoms with E-state index in [1.807, 2.05) is 13.8 Å². The summed E-state index contributed by atoms with van der Waals surface area (Å²) in [5.74, 6) is -0.386. The van der Waals surface area contributed by atoms with Gasteiger partial charge in [-0.25, -0.2) is 0 Å². The summed E-state index contributed by atoms with van der Waals surface area (Å²) >= 11 is 0. The minimum Gasteiger partial charge on any atom is -0.366 e. The van der Waals surface area contributed by atoms with Crippen LogP contribution in [-0.4, -0.2) is 5.91 Å². The van der Waals surface area contributed by atoms with Crippen molar-refractivity contribution in [2.45, 2.75) is 33.6 Å². The minimum atomic E-state index is -0.386. The summed E-state index contributed by atoms with van der Waals surface area (Å²) in [6.07, 6.45) is 1.99. The lowest BCUT2D eigenvalue weighted by atomic mass is 9.81. The SMILES string of the molecule is C=C(C(N)=O)C(C)(C)CCC. The Labute approximate surface area is 68.5 Å². The molecule has 0 rings (SSSR count). The van der Waals surface area contributed by atoms with Crippen LogP contribution in [0, 0.1) is 5.41 Å². The van der Waals surface area contributed by atoms with E-state index in [1.54, 1.807) is 0 Å². The molecule has 0 spiro atoms. The van der Waals surface area contributed by atoms with Crippen molar-refractivity contribution < 1.29 is 4.79 Å². The molecule has 0 aromatic carbocycles. The molecule has 0 bridgehead atoms. The predicted molar refractivity (Wildman–Crippen MR) is 47.0 cm³/mol. The van der Waals surface area contributed by atoms with Crippen LogP contribution in [0.2, 0.25) is 0 Å². The number of primary amides is 1. The van der Waals surface area contributed by atoms with Crippen LogP contribution in [0.3, 0.4) is 0 Å². The number of hydrogen-bond donors (Lipinski definition) is 1. The van der Waals surface area contributed by atoms with Gasteiger partial charge in [-0.3, -0.25) is 4.79 Å². The van der Waals surface area contributed by atoms with Crippen LogP contribution in [0.5, 0.6) is 0 Å². The van der Waals surface area contributed by atoms with Gasteiger partial charge >= 0.3 is 0 Å². The van der Waals surface area contributed by atoms with E-state index in [0.29, 0.717) is 5.57 Å². The summed E-state index contributed by atoms with van der Waals surface area (Å²) < 4.78 is 0. The molecule has 0 aliphatic carbocycles. The van der Waals surface area contributed by atoms with Gasteiger partial charge in [0.05, 0.1) is 0 Å². The number of carbonyl (C=O) groups excluding carboxylic acids is 1. The highest BCUT2D eigenvalue weighted by Crippen LogP contribution is 2.29. The number of rotatable bonds is 4. The minimum absolute atomic E-state index is 0.138. The first-order valence-corrected chi connectivity index (χ1v) is 3.91. The third-order valence-corrected chi connectivity index (χ3v) is 1.99.